The average Bonchev–Trinajstić information content (AvgIpc) is 2.87. The van der Waals surface area contributed by atoms with Gasteiger partial charge < -0.3 is 5.32 Å². The highest BCUT2D eigenvalue weighted by atomic mass is 79.9. The summed E-state index contributed by atoms with van der Waals surface area (Å²) in [5.74, 6) is 0. The number of halogens is 1. The molecule has 1 aliphatic rings. The van der Waals surface area contributed by atoms with Gasteiger partial charge in [-0.2, -0.15) is 0 Å². The molecule has 0 radical (unpaired) electrons. The number of nitro benzene ring substituents is 1. The van der Waals surface area contributed by atoms with Crippen molar-refractivity contribution in [3.8, 4) is 0 Å². The van der Waals surface area contributed by atoms with E-state index in [1.807, 2.05) is 6.07 Å². The molecule has 1 aromatic carbocycles. The summed E-state index contributed by atoms with van der Waals surface area (Å²) in [5, 5.41) is 14.4. The predicted octanol–water partition coefficient (Wildman–Crippen LogP) is 2.93. The Morgan fingerprint density at radius 2 is 2.35 bits per heavy atom. The zero-order valence-electron chi connectivity index (χ0n) is 11.6. The van der Waals surface area contributed by atoms with Gasteiger partial charge in [0.25, 0.3) is 5.69 Å². The van der Waals surface area contributed by atoms with Crippen molar-refractivity contribution in [1.29, 1.82) is 0 Å². The predicted molar refractivity (Wildman–Crippen MR) is 82.8 cm³/mol. The van der Waals surface area contributed by atoms with Crippen LogP contribution in [0.5, 0.6) is 0 Å². The SMILES string of the molecule is CCN1CCCC1CNCc1ccc(Br)cc1[N+](=O)[O-]. The van der Waals surface area contributed by atoms with Gasteiger partial charge in [-0.15, -0.1) is 0 Å². The molecule has 5 nitrogen and oxygen atoms in total. The van der Waals surface area contributed by atoms with Crippen LogP contribution < -0.4 is 5.32 Å². The molecule has 1 heterocycles. The molecule has 1 fully saturated rings. The molecule has 1 N–H and O–H groups in total. The second-order valence-corrected chi connectivity index (χ2v) is 6.00. The maximum absolute atomic E-state index is 11.0. The smallest absolute Gasteiger partial charge is 0.275 e. The molecule has 1 atom stereocenters. The molecule has 0 saturated carbocycles. The lowest BCUT2D eigenvalue weighted by molar-refractivity contribution is -0.385. The van der Waals surface area contributed by atoms with Crippen LogP contribution in [0.2, 0.25) is 0 Å². The van der Waals surface area contributed by atoms with Gasteiger partial charge in [-0.3, -0.25) is 15.0 Å². The van der Waals surface area contributed by atoms with Crippen molar-refractivity contribution >= 4 is 21.6 Å². The third-order valence-corrected chi connectivity index (χ3v) is 4.34. The van der Waals surface area contributed by atoms with Crippen LogP contribution in [0.25, 0.3) is 0 Å². The third-order valence-electron chi connectivity index (χ3n) is 3.84. The first-order valence-corrected chi connectivity index (χ1v) is 7.78. The zero-order valence-corrected chi connectivity index (χ0v) is 13.2. The highest BCUT2D eigenvalue weighted by molar-refractivity contribution is 9.10. The molecule has 0 bridgehead atoms. The standard InChI is InChI=1S/C14H20BrN3O2/c1-2-17-7-3-4-13(17)10-16-9-11-5-6-12(15)8-14(11)18(19)20/h5-6,8,13,16H,2-4,7,9-10H2,1H3. The van der Waals surface area contributed by atoms with Crippen LogP contribution >= 0.6 is 15.9 Å². The van der Waals surface area contributed by atoms with Crippen LogP contribution in [-0.4, -0.2) is 35.5 Å². The van der Waals surface area contributed by atoms with E-state index >= 15 is 0 Å². The van der Waals surface area contributed by atoms with Gasteiger partial charge in [0.05, 0.1) is 4.92 Å². The van der Waals surface area contributed by atoms with Crippen molar-refractivity contribution in [3.63, 3.8) is 0 Å². The Morgan fingerprint density at radius 3 is 3.05 bits per heavy atom. The molecule has 20 heavy (non-hydrogen) atoms. The summed E-state index contributed by atoms with van der Waals surface area (Å²) < 4.78 is 0.737. The van der Waals surface area contributed by atoms with E-state index in [4.69, 9.17) is 0 Å². The summed E-state index contributed by atoms with van der Waals surface area (Å²) >= 11 is 3.27. The molecule has 0 aromatic heterocycles. The summed E-state index contributed by atoms with van der Waals surface area (Å²) in [7, 11) is 0. The maximum atomic E-state index is 11.0. The van der Waals surface area contributed by atoms with Gasteiger partial charge in [0, 0.05) is 35.2 Å². The number of benzene rings is 1. The van der Waals surface area contributed by atoms with E-state index in [9.17, 15) is 10.1 Å². The number of nitrogens with zero attached hydrogens (tertiary/aromatic N) is 2. The minimum absolute atomic E-state index is 0.172. The molecule has 1 aromatic rings. The van der Waals surface area contributed by atoms with Gasteiger partial charge >= 0.3 is 0 Å². The van der Waals surface area contributed by atoms with Gasteiger partial charge in [0.15, 0.2) is 0 Å². The number of likely N-dealkylation sites (N-methyl/N-ethyl adjacent to an activating group) is 1. The Hall–Kier alpha value is -0.980. The molecular formula is C14H20BrN3O2. The van der Waals surface area contributed by atoms with Crippen molar-refractivity contribution in [3.05, 3.63) is 38.3 Å². The lowest BCUT2D eigenvalue weighted by atomic mass is 10.1. The summed E-state index contributed by atoms with van der Waals surface area (Å²) in [4.78, 5) is 13.2. The Balaban J connectivity index is 1.92. The Labute approximate surface area is 127 Å². The molecule has 0 spiro atoms. The zero-order chi connectivity index (χ0) is 14.5. The number of nitrogens with one attached hydrogen (secondary N) is 1. The normalized spacial score (nSPS) is 19.4. The fourth-order valence-electron chi connectivity index (χ4n) is 2.77. The summed E-state index contributed by atoms with van der Waals surface area (Å²) in [6.45, 7) is 5.85. The average molecular weight is 342 g/mol. The van der Waals surface area contributed by atoms with E-state index in [1.54, 1.807) is 12.1 Å². The maximum Gasteiger partial charge on any atom is 0.275 e. The number of likely N-dealkylation sites (tertiary alicyclic amines) is 1. The first-order chi connectivity index (χ1) is 9.61. The molecule has 0 amide bonds. The van der Waals surface area contributed by atoms with E-state index in [-0.39, 0.29) is 10.6 Å². The van der Waals surface area contributed by atoms with Crippen molar-refractivity contribution in [1.82, 2.24) is 10.2 Å². The van der Waals surface area contributed by atoms with Gasteiger partial charge in [0.1, 0.15) is 0 Å². The first kappa shape index (κ1) is 15.4. The fourth-order valence-corrected chi connectivity index (χ4v) is 3.12. The van der Waals surface area contributed by atoms with Gasteiger partial charge in [-0.25, -0.2) is 0 Å². The fraction of sp³-hybridized carbons (Fsp3) is 0.571. The molecule has 2 rings (SSSR count). The van der Waals surface area contributed by atoms with Crippen LogP contribution in [0.4, 0.5) is 5.69 Å². The van der Waals surface area contributed by atoms with Crippen LogP contribution in [0.15, 0.2) is 22.7 Å². The molecule has 1 aliphatic heterocycles. The van der Waals surface area contributed by atoms with E-state index < -0.39 is 0 Å². The monoisotopic (exact) mass is 341 g/mol. The van der Waals surface area contributed by atoms with Crippen LogP contribution in [0, 0.1) is 10.1 Å². The van der Waals surface area contributed by atoms with Crippen molar-refractivity contribution < 1.29 is 4.92 Å². The summed E-state index contributed by atoms with van der Waals surface area (Å²) in [6.07, 6.45) is 2.46. The van der Waals surface area contributed by atoms with E-state index in [0.29, 0.717) is 12.6 Å². The van der Waals surface area contributed by atoms with Crippen molar-refractivity contribution in [2.45, 2.75) is 32.4 Å². The largest absolute Gasteiger partial charge is 0.311 e. The Kier molecular flexibility index (Phi) is 5.51. The topological polar surface area (TPSA) is 58.4 Å². The van der Waals surface area contributed by atoms with Crippen LogP contribution in [-0.2, 0) is 6.54 Å². The van der Waals surface area contributed by atoms with Crippen LogP contribution in [0.3, 0.4) is 0 Å². The third kappa shape index (κ3) is 3.77. The molecular weight excluding hydrogens is 322 g/mol. The van der Waals surface area contributed by atoms with Crippen molar-refractivity contribution in [2.24, 2.45) is 0 Å². The highest BCUT2D eigenvalue weighted by Gasteiger charge is 2.22. The van der Waals surface area contributed by atoms with Crippen molar-refractivity contribution in [2.75, 3.05) is 19.6 Å². The molecule has 6 heteroatoms. The Morgan fingerprint density at radius 1 is 1.55 bits per heavy atom. The second kappa shape index (κ2) is 7.15. The molecule has 1 unspecified atom stereocenters. The second-order valence-electron chi connectivity index (χ2n) is 5.09. The summed E-state index contributed by atoms with van der Waals surface area (Å²) in [5.41, 5.74) is 0.907. The number of nitro groups is 1. The minimum atomic E-state index is -0.324. The summed E-state index contributed by atoms with van der Waals surface area (Å²) in [6, 6.07) is 5.78. The van der Waals surface area contributed by atoms with Gasteiger partial charge in [0.2, 0.25) is 0 Å². The van der Waals surface area contributed by atoms with Gasteiger partial charge in [-0.05, 0) is 38.1 Å². The number of rotatable bonds is 6. The highest BCUT2D eigenvalue weighted by Crippen LogP contribution is 2.23. The minimum Gasteiger partial charge on any atom is -0.311 e. The Bertz CT molecular complexity index is 481. The van der Waals surface area contributed by atoms with Gasteiger partial charge in [-0.1, -0.05) is 22.9 Å². The first-order valence-electron chi connectivity index (χ1n) is 6.99. The van der Waals surface area contributed by atoms with E-state index in [2.05, 4.69) is 33.1 Å². The lowest BCUT2D eigenvalue weighted by Crippen LogP contribution is -2.37. The lowest BCUT2D eigenvalue weighted by Gasteiger charge is -2.22. The van der Waals surface area contributed by atoms with Crippen LogP contribution in [0.1, 0.15) is 25.3 Å². The quantitative estimate of drug-likeness (QED) is 0.638. The molecule has 0 aliphatic carbocycles. The van der Waals surface area contributed by atoms with E-state index in [1.165, 1.54) is 19.4 Å². The molecule has 1 saturated heterocycles. The molecule has 110 valence electrons. The number of hydrogen-bond acceptors (Lipinski definition) is 4. The van der Waals surface area contributed by atoms with E-state index in [0.717, 1.165) is 23.1 Å². The number of hydrogen-bond donors (Lipinski definition) is 1.